The van der Waals surface area contributed by atoms with Crippen molar-refractivity contribution in [1.29, 1.82) is 5.41 Å². The Bertz CT molecular complexity index is 623. The molecule has 2 rings (SSSR count). The summed E-state index contributed by atoms with van der Waals surface area (Å²) in [5.74, 6) is 0.0204. The minimum Gasteiger partial charge on any atom is -0.384 e. The van der Waals surface area contributed by atoms with Crippen LogP contribution in [-0.2, 0) is 0 Å². The largest absolute Gasteiger partial charge is 0.384 e. The summed E-state index contributed by atoms with van der Waals surface area (Å²) >= 11 is 6.28. The molecule has 19 heavy (non-hydrogen) atoms. The van der Waals surface area contributed by atoms with Gasteiger partial charge in [-0.15, -0.1) is 0 Å². The van der Waals surface area contributed by atoms with Crippen LogP contribution in [0.3, 0.4) is 0 Å². The molecule has 3 N–H and O–H groups in total. The number of nitrogen functional groups attached to an aromatic ring is 1. The smallest absolute Gasteiger partial charge is 0.122 e. The second-order valence-electron chi connectivity index (χ2n) is 4.43. The Morgan fingerprint density at radius 2 is 1.84 bits per heavy atom. The van der Waals surface area contributed by atoms with Crippen molar-refractivity contribution in [2.75, 3.05) is 11.9 Å². The summed E-state index contributed by atoms with van der Waals surface area (Å²) in [4.78, 5) is 2.03. The molecular formula is C15H16ClN3. The van der Waals surface area contributed by atoms with E-state index >= 15 is 0 Å². The van der Waals surface area contributed by atoms with Crippen molar-refractivity contribution in [2.45, 2.75) is 6.92 Å². The van der Waals surface area contributed by atoms with E-state index in [1.165, 1.54) is 5.56 Å². The lowest BCUT2D eigenvalue weighted by molar-refractivity contribution is 1.18. The van der Waals surface area contributed by atoms with Gasteiger partial charge >= 0.3 is 0 Å². The molecular weight excluding hydrogens is 258 g/mol. The Kier molecular flexibility index (Phi) is 3.76. The van der Waals surface area contributed by atoms with Gasteiger partial charge < -0.3 is 10.6 Å². The van der Waals surface area contributed by atoms with Crippen molar-refractivity contribution in [2.24, 2.45) is 5.73 Å². The van der Waals surface area contributed by atoms with Crippen LogP contribution < -0.4 is 10.6 Å². The Balaban J connectivity index is 2.42. The Morgan fingerprint density at radius 3 is 2.42 bits per heavy atom. The average Bonchev–Trinajstić information content (AvgIpc) is 2.38. The van der Waals surface area contributed by atoms with E-state index in [-0.39, 0.29) is 5.84 Å². The molecule has 0 saturated heterocycles. The minimum absolute atomic E-state index is 0.0204. The number of nitrogens with one attached hydrogen (secondary N) is 1. The normalized spacial score (nSPS) is 10.3. The number of nitrogens with zero attached hydrogens (tertiary/aromatic N) is 1. The van der Waals surface area contributed by atoms with E-state index in [0.717, 1.165) is 11.4 Å². The maximum absolute atomic E-state index is 7.41. The molecule has 0 spiro atoms. The molecule has 2 aromatic carbocycles. The molecule has 0 aliphatic heterocycles. The molecule has 2 aromatic rings. The van der Waals surface area contributed by atoms with Crippen LogP contribution in [0.4, 0.5) is 11.4 Å². The van der Waals surface area contributed by atoms with E-state index in [1.807, 2.05) is 36.2 Å². The summed E-state index contributed by atoms with van der Waals surface area (Å²) < 4.78 is 0. The molecule has 0 amide bonds. The predicted octanol–water partition coefficient (Wildman–Crippen LogP) is 3.70. The van der Waals surface area contributed by atoms with E-state index in [9.17, 15) is 0 Å². The van der Waals surface area contributed by atoms with Gasteiger partial charge in [-0.1, -0.05) is 29.8 Å². The number of benzene rings is 2. The van der Waals surface area contributed by atoms with E-state index in [1.54, 1.807) is 12.1 Å². The van der Waals surface area contributed by atoms with Gasteiger partial charge in [-0.2, -0.15) is 0 Å². The standard InChI is InChI=1S/C15H16ClN3/c1-10-5-3-4-6-13(10)19(2)14-8-7-11(15(17)18)9-12(14)16/h3-9H,1-2H3,(H3,17,18). The van der Waals surface area contributed by atoms with Crippen molar-refractivity contribution in [3.8, 4) is 0 Å². The molecule has 0 radical (unpaired) electrons. The van der Waals surface area contributed by atoms with Gasteiger partial charge in [-0.05, 0) is 36.8 Å². The Hall–Kier alpha value is -2.00. The predicted molar refractivity (Wildman–Crippen MR) is 81.7 cm³/mol. The first-order chi connectivity index (χ1) is 9.00. The maximum atomic E-state index is 7.41. The van der Waals surface area contributed by atoms with Gasteiger partial charge in [0, 0.05) is 18.3 Å². The van der Waals surface area contributed by atoms with Gasteiger partial charge in [0.2, 0.25) is 0 Å². The zero-order valence-electron chi connectivity index (χ0n) is 10.9. The van der Waals surface area contributed by atoms with Crippen LogP contribution in [-0.4, -0.2) is 12.9 Å². The van der Waals surface area contributed by atoms with E-state index in [0.29, 0.717) is 10.6 Å². The topological polar surface area (TPSA) is 53.1 Å². The van der Waals surface area contributed by atoms with Crippen LogP contribution >= 0.6 is 11.6 Å². The van der Waals surface area contributed by atoms with E-state index in [4.69, 9.17) is 22.7 Å². The van der Waals surface area contributed by atoms with E-state index in [2.05, 4.69) is 13.0 Å². The van der Waals surface area contributed by atoms with Gasteiger partial charge in [-0.25, -0.2) is 0 Å². The first-order valence-electron chi connectivity index (χ1n) is 5.94. The van der Waals surface area contributed by atoms with Crippen LogP contribution in [0.5, 0.6) is 0 Å². The summed E-state index contributed by atoms with van der Waals surface area (Å²) in [6, 6.07) is 13.5. The second kappa shape index (κ2) is 5.33. The number of hydrogen-bond acceptors (Lipinski definition) is 2. The van der Waals surface area contributed by atoms with Crippen molar-refractivity contribution < 1.29 is 0 Å². The van der Waals surface area contributed by atoms with Gasteiger partial charge in [0.05, 0.1) is 10.7 Å². The average molecular weight is 274 g/mol. The Morgan fingerprint density at radius 1 is 1.16 bits per heavy atom. The highest BCUT2D eigenvalue weighted by atomic mass is 35.5. The second-order valence-corrected chi connectivity index (χ2v) is 4.83. The third kappa shape index (κ3) is 2.71. The van der Waals surface area contributed by atoms with Gasteiger partial charge in [0.25, 0.3) is 0 Å². The van der Waals surface area contributed by atoms with Crippen molar-refractivity contribution >= 4 is 28.8 Å². The van der Waals surface area contributed by atoms with Crippen LogP contribution in [0.1, 0.15) is 11.1 Å². The molecule has 0 aromatic heterocycles. The number of halogens is 1. The molecule has 0 saturated carbocycles. The maximum Gasteiger partial charge on any atom is 0.122 e. The number of hydrogen-bond donors (Lipinski definition) is 2. The van der Waals surface area contributed by atoms with Crippen molar-refractivity contribution in [3.63, 3.8) is 0 Å². The summed E-state index contributed by atoms with van der Waals surface area (Å²) in [6.07, 6.45) is 0. The number of amidine groups is 1. The molecule has 0 aliphatic carbocycles. The quantitative estimate of drug-likeness (QED) is 0.662. The lowest BCUT2D eigenvalue weighted by Crippen LogP contribution is -2.14. The fourth-order valence-electron chi connectivity index (χ4n) is 2.02. The molecule has 0 unspecified atom stereocenters. The number of nitrogens with two attached hydrogens (primary N) is 1. The van der Waals surface area contributed by atoms with Gasteiger partial charge in [-0.3, -0.25) is 5.41 Å². The summed E-state index contributed by atoms with van der Waals surface area (Å²) in [5.41, 5.74) is 9.25. The molecule has 4 heteroatoms. The van der Waals surface area contributed by atoms with Crippen LogP contribution in [0.2, 0.25) is 5.02 Å². The number of anilines is 2. The lowest BCUT2D eigenvalue weighted by Gasteiger charge is -2.23. The fraction of sp³-hybridized carbons (Fsp3) is 0.133. The van der Waals surface area contributed by atoms with Crippen molar-refractivity contribution in [3.05, 3.63) is 58.6 Å². The highest BCUT2D eigenvalue weighted by molar-refractivity contribution is 6.33. The number of para-hydroxylation sites is 1. The van der Waals surface area contributed by atoms with Crippen molar-refractivity contribution in [1.82, 2.24) is 0 Å². The third-order valence-electron chi connectivity index (χ3n) is 3.10. The molecule has 3 nitrogen and oxygen atoms in total. The molecule has 0 fully saturated rings. The summed E-state index contributed by atoms with van der Waals surface area (Å²) in [6.45, 7) is 2.06. The molecule has 0 bridgehead atoms. The first-order valence-corrected chi connectivity index (χ1v) is 6.32. The summed E-state index contributed by atoms with van der Waals surface area (Å²) in [5, 5.41) is 8.00. The molecule has 98 valence electrons. The molecule has 0 heterocycles. The number of aryl methyl sites for hydroxylation is 1. The monoisotopic (exact) mass is 273 g/mol. The van der Waals surface area contributed by atoms with Crippen LogP contribution in [0.15, 0.2) is 42.5 Å². The zero-order chi connectivity index (χ0) is 14.0. The fourth-order valence-corrected chi connectivity index (χ4v) is 2.32. The van der Waals surface area contributed by atoms with Gasteiger partial charge in [0.15, 0.2) is 0 Å². The first kappa shape index (κ1) is 13.4. The lowest BCUT2D eigenvalue weighted by atomic mass is 10.1. The third-order valence-corrected chi connectivity index (χ3v) is 3.40. The van der Waals surface area contributed by atoms with Crippen LogP contribution in [0, 0.1) is 12.3 Å². The SMILES string of the molecule is Cc1ccccc1N(C)c1ccc(C(=N)N)cc1Cl. The highest BCUT2D eigenvalue weighted by Crippen LogP contribution is 2.32. The van der Waals surface area contributed by atoms with Crippen LogP contribution in [0.25, 0.3) is 0 Å². The minimum atomic E-state index is 0.0204. The van der Waals surface area contributed by atoms with Gasteiger partial charge in [0.1, 0.15) is 5.84 Å². The zero-order valence-corrected chi connectivity index (χ0v) is 11.7. The number of rotatable bonds is 3. The molecule has 0 aliphatic rings. The summed E-state index contributed by atoms with van der Waals surface area (Å²) in [7, 11) is 1.97. The molecule has 0 atom stereocenters. The van der Waals surface area contributed by atoms with E-state index < -0.39 is 0 Å². The Labute approximate surface area is 118 Å². The highest BCUT2D eigenvalue weighted by Gasteiger charge is 2.11.